The summed E-state index contributed by atoms with van der Waals surface area (Å²) >= 11 is 5.58. The second kappa shape index (κ2) is 8.58. The second-order valence-electron chi connectivity index (χ2n) is 5.89. The van der Waals surface area contributed by atoms with Gasteiger partial charge in [0.15, 0.2) is 5.78 Å². The number of rotatable bonds is 7. The van der Waals surface area contributed by atoms with Crippen LogP contribution in [0.2, 0.25) is 5.02 Å². The van der Waals surface area contributed by atoms with Gasteiger partial charge in [0.1, 0.15) is 5.82 Å². The molecule has 1 atom stereocenters. The minimum atomic E-state index is -0.901. The van der Waals surface area contributed by atoms with Crippen LogP contribution in [0.5, 0.6) is 0 Å². The summed E-state index contributed by atoms with van der Waals surface area (Å²) in [6.07, 6.45) is -0.239. The maximum absolute atomic E-state index is 13.4. The van der Waals surface area contributed by atoms with Crippen LogP contribution in [0, 0.1) is 5.82 Å². The Kier molecular flexibility index (Phi) is 6.46. The lowest BCUT2D eigenvalue weighted by Crippen LogP contribution is -2.43. The van der Waals surface area contributed by atoms with Gasteiger partial charge in [-0.1, -0.05) is 35.9 Å². The van der Waals surface area contributed by atoms with Crippen molar-refractivity contribution < 1.29 is 18.8 Å². The van der Waals surface area contributed by atoms with Crippen LogP contribution < -0.4 is 11.1 Å². The molecule has 0 radical (unpaired) electrons. The van der Waals surface area contributed by atoms with Gasteiger partial charge in [0.25, 0.3) is 5.91 Å². The summed E-state index contributed by atoms with van der Waals surface area (Å²) in [5.74, 6) is -2.62. The van der Waals surface area contributed by atoms with E-state index in [-0.39, 0.29) is 23.6 Å². The third-order valence-electron chi connectivity index (χ3n) is 3.85. The number of carbonyl (C=O) groups excluding carboxylic acids is 3. The van der Waals surface area contributed by atoms with E-state index in [1.807, 2.05) is 0 Å². The Morgan fingerprint density at radius 1 is 1.15 bits per heavy atom. The molecule has 0 heterocycles. The summed E-state index contributed by atoms with van der Waals surface area (Å²) in [4.78, 5) is 36.2. The van der Waals surface area contributed by atoms with Crippen LogP contribution >= 0.6 is 11.6 Å². The zero-order valence-corrected chi connectivity index (χ0v) is 14.8. The van der Waals surface area contributed by atoms with Crippen molar-refractivity contribution in [3.63, 3.8) is 0 Å². The summed E-state index contributed by atoms with van der Waals surface area (Å²) < 4.78 is 13.4. The predicted octanol–water partition coefficient (Wildman–Crippen LogP) is 2.49. The Morgan fingerprint density at radius 3 is 2.50 bits per heavy atom. The molecule has 0 bridgehead atoms. The zero-order valence-electron chi connectivity index (χ0n) is 14.1. The zero-order chi connectivity index (χ0) is 19.3. The van der Waals surface area contributed by atoms with Gasteiger partial charge >= 0.3 is 0 Å². The van der Waals surface area contributed by atoms with Gasteiger partial charge in [0.2, 0.25) is 5.78 Å². The van der Waals surface area contributed by atoms with Crippen molar-refractivity contribution in [2.24, 2.45) is 0 Å². The summed E-state index contributed by atoms with van der Waals surface area (Å²) in [5, 5.41) is 2.30. The number of anilines is 1. The van der Waals surface area contributed by atoms with E-state index in [0.717, 1.165) is 6.07 Å². The van der Waals surface area contributed by atoms with Gasteiger partial charge in [-0.05, 0) is 36.2 Å². The van der Waals surface area contributed by atoms with E-state index in [0.29, 0.717) is 16.8 Å². The minimum Gasteiger partial charge on any atom is -0.398 e. The molecule has 7 heteroatoms. The fourth-order valence-electron chi connectivity index (χ4n) is 2.31. The fraction of sp³-hybridized carbons (Fsp3) is 0.211. The highest BCUT2D eigenvalue weighted by atomic mass is 35.5. The van der Waals surface area contributed by atoms with Crippen LogP contribution in [0.25, 0.3) is 0 Å². The number of nitrogen functional groups attached to an aromatic ring is 1. The van der Waals surface area contributed by atoms with Crippen LogP contribution in [-0.4, -0.2) is 23.5 Å². The number of benzene rings is 2. The van der Waals surface area contributed by atoms with Crippen LogP contribution in [0.15, 0.2) is 42.5 Å². The molecule has 5 nitrogen and oxygen atoms in total. The van der Waals surface area contributed by atoms with Crippen LogP contribution in [-0.2, 0) is 27.2 Å². The van der Waals surface area contributed by atoms with Gasteiger partial charge < -0.3 is 11.1 Å². The Balaban J connectivity index is 1.92. The molecule has 0 fully saturated rings. The van der Waals surface area contributed by atoms with Gasteiger partial charge in [-0.25, -0.2) is 4.39 Å². The SMILES string of the molecule is C[C@@H](NC(=O)C(=O)Cc1ccc(Cl)c(F)c1)C(=O)Cc1ccccc1N. The van der Waals surface area contributed by atoms with Crippen LogP contribution in [0.1, 0.15) is 18.1 Å². The molecular weight excluding hydrogens is 359 g/mol. The number of nitrogens with one attached hydrogen (secondary N) is 1. The molecule has 136 valence electrons. The van der Waals surface area contributed by atoms with E-state index < -0.39 is 23.5 Å². The normalized spacial score (nSPS) is 11.7. The van der Waals surface area contributed by atoms with Crippen molar-refractivity contribution in [3.05, 3.63) is 64.4 Å². The fourth-order valence-corrected chi connectivity index (χ4v) is 2.43. The van der Waals surface area contributed by atoms with Gasteiger partial charge in [-0.15, -0.1) is 0 Å². The topological polar surface area (TPSA) is 89.3 Å². The Morgan fingerprint density at radius 2 is 1.85 bits per heavy atom. The third kappa shape index (κ3) is 5.13. The molecule has 1 amide bonds. The number of hydrogen-bond acceptors (Lipinski definition) is 4. The smallest absolute Gasteiger partial charge is 0.288 e. The number of halogens is 2. The van der Waals surface area contributed by atoms with Crippen molar-refractivity contribution in [1.29, 1.82) is 0 Å². The maximum Gasteiger partial charge on any atom is 0.288 e. The number of carbonyl (C=O) groups is 3. The summed E-state index contributed by atoms with van der Waals surface area (Å²) in [7, 11) is 0. The van der Waals surface area contributed by atoms with E-state index in [2.05, 4.69) is 5.32 Å². The highest BCUT2D eigenvalue weighted by molar-refractivity contribution is 6.37. The van der Waals surface area contributed by atoms with Gasteiger partial charge in [0.05, 0.1) is 11.1 Å². The predicted molar refractivity (Wildman–Crippen MR) is 97.3 cm³/mol. The van der Waals surface area contributed by atoms with E-state index in [1.54, 1.807) is 24.3 Å². The first-order valence-electron chi connectivity index (χ1n) is 7.91. The molecule has 26 heavy (non-hydrogen) atoms. The summed E-state index contributed by atoms with van der Waals surface area (Å²) in [6.45, 7) is 1.49. The first-order chi connectivity index (χ1) is 12.3. The summed E-state index contributed by atoms with van der Waals surface area (Å²) in [6, 6.07) is 9.94. The van der Waals surface area contributed by atoms with Crippen LogP contribution in [0.4, 0.5) is 10.1 Å². The van der Waals surface area contributed by atoms with E-state index in [4.69, 9.17) is 17.3 Å². The Labute approximate surface area is 155 Å². The highest BCUT2D eigenvalue weighted by Gasteiger charge is 2.21. The van der Waals surface area contributed by atoms with Gasteiger partial charge in [-0.2, -0.15) is 0 Å². The van der Waals surface area contributed by atoms with E-state index in [1.165, 1.54) is 19.1 Å². The van der Waals surface area contributed by atoms with Crippen LogP contribution in [0.3, 0.4) is 0 Å². The van der Waals surface area contributed by atoms with Crippen molar-refractivity contribution in [1.82, 2.24) is 5.32 Å². The molecule has 0 aliphatic carbocycles. The maximum atomic E-state index is 13.4. The van der Waals surface area contributed by atoms with E-state index >= 15 is 0 Å². The van der Waals surface area contributed by atoms with Gasteiger partial charge in [0, 0.05) is 18.5 Å². The number of ketones is 2. The van der Waals surface area contributed by atoms with Crippen molar-refractivity contribution >= 4 is 34.8 Å². The monoisotopic (exact) mass is 376 g/mol. The minimum absolute atomic E-state index is 0.0463. The molecule has 0 aliphatic heterocycles. The number of para-hydroxylation sites is 1. The molecule has 3 N–H and O–H groups in total. The second-order valence-corrected chi connectivity index (χ2v) is 6.29. The third-order valence-corrected chi connectivity index (χ3v) is 4.16. The molecule has 2 aromatic rings. The molecule has 0 saturated heterocycles. The average molecular weight is 377 g/mol. The first kappa shape index (κ1) is 19.6. The molecule has 0 spiro atoms. The largest absolute Gasteiger partial charge is 0.398 e. The molecule has 2 aromatic carbocycles. The Hall–Kier alpha value is -2.73. The lowest BCUT2D eigenvalue weighted by Gasteiger charge is -2.13. The first-order valence-corrected chi connectivity index (χ1v) is 8.29. The lowest BCUT2D eigenvalue weighted by molar-refractivity contribution is -0.138. The molecular formula is C19H18ClFN2O3. The Bertz CT molecular complexity index is 854. The number of hydrogen-bond donors (Lipinski definition) is 2. The van der Waals surface area contributed by atoms with Crippen molar-refractivity contribution in [3.8, 4) is 0 Å². The molecule has 0 aromatic heterocycles. The lowest BCUT2D eigenvalue weighted by atomic mass is 10.0. The average Bonchev–Trinajstić information content (AvgIpc) is 2.60. The van der Waals surface area contributed by atoms with E-state index in [9.17, 15) is 18.8 Å². The molecule has 2 rings (SSSR count). The summed E-state index contributed by atoms with van der Waals surface area (Å²) in [5.41, 5.74) is 7.26. The molecule has 0 aliphatic rings. The quantitative estimate of drug-likeness (QED) is 0.574. The standard InChI is InChI=1S/C19H18ClFN2O3/c1-11(17(24)10-13-4-2-3-5-16(13)22)23-19(26)18(25)9-12-6-7-14(20)15(21)8-12/h2-8,11H,9-10,22H2,1H3,(H,23,26)/t11-/m1/s1. The van der Waals surface area contributed by atoms with Gasteiger partial charge in [-0.3, -0.25) is 14.4 Å². The molecule has 0 unspecified atom stereocenters. The van der Waals surface area contributed by atoms with Crippen molar-refractivity contribution in [2.75, 3.05) is 5.73 Å². The highest BCUT2D eigenvalue weighted by Crippen LogP contribution is 2.16. The molecule has 0 saturated carbocycles. The number of Topliss-reactive ketones (excluding diaryl/α,β-unsaturated/α-hetero) is 2. The van der Waals surface area contributed by atoms with Crippen molar-refractivity contribution in [2.45, 2.75) is 25.8 Å². The number of amides is 1. The number of nitrogens with two attached hydrogens (primary N) is 1.